The second kappa shape index (κ2) is 7.59. The summed E-state index contributed by atoms with van der Waals surface area (Å²) in [5.41, 5.74) is 6.18. The van der Waals surface area contributed by atoms with Crippen molar-refractivity contribution in [2.45, 2.75) is 26.2 Å². The zero-order valence-corrected chi connectivity index (χ0v) is 13.5. The van der Waals surface area contributed by atoms with Crippen molar-refractivity contribution >= 4 is 17.6 Å². The topological polar surface area (TPSA) is 24.4 Å². The number of hydrogen-bond donors (Lipinski definition) is 1. The second-order valence-electron chi connectivity index (χ2n) is 5.78. The highest BCUT2D eigenvalue weighted by atomic mass is 14.8. The summed E-state index contributed by atoms with van der Waals surface area (Å²) in [5.74, 6) is 0. The Balaban J connectivity index is 1.76. The van der Waals surface area contributed by atoms with E-state index in [4.69, 9.17) is 0 Å². The average Bonchev–Trinajstić information content (AvgIpc) is 2.61. The van der Waals surface area contributed by atoms with Crippen LogP contribution >= 0.6 is 0 Å². The van der Waals surface area contributed by atoms with Crippen LogP contribution in [0.2, 0.25) is 0 Å². The maximum Gasteiger partial charge on any atom is 0.0629 e. The predicted octanol–water partition coefficient (Wildman–Crippen LogP) is 5.89. The maximum atomic E-state index is 4.60. The van der Waals surface area contributed by atoms with Crippen LogP contribution in [0.25, 0.3) is 0 Å². The Kier molecular flexibility index (Phi) is 5.05. The molecule has 1 N–H and O–H groups in total. The van der Waals surface area contributed by atoms with Crippen molar-refractivity contribution in [1.29, 1.82) is 0 Å². The fraction of sp³-hybridized carbons (Fsp3) is 0.190. The number of hydrogen-bond acceptors (Lipinski definition) is 2. The van der Waals surface area contributed by atoms with E-state index in [1.807, 2.05) is 54.7 Å². The third kappa shape index (κ3) is 4.19. The minimum absolute atomic E-state index is 1.01. The zero-order valence-electron chi connectivity index (χ0n) is 13.5. The highest BCUT2D eigenvalue weighted by Crippen LogP contribution is 2.29. The molecule has 1 aliphatic carbocycles. The number of benzene rings is 2. The van der Waals surface area contributed by atoms with Crippen LogP contribution in [0.4, 0.5) is 11.4 Å². The first-order valence-electron chi connectivity index (χ1n) is 8.13. The van der Waals surface area contributed by atoms with Gasteiger partial charge in [-0.1, -0.05) is 36.4 Å². The Morgan fingerprint density at radius 3 is 2.35 bits per heavy atom. The van der Waals surface area contributed by atoms with E-state index < -0.39 is 0 Å². The highest BCUT2D eigenvalue weighted by molar-refractivity contribution is 5.83. The number of allylic oxidation sites excluding steroid dienone is 3. The largest absolute Gasteiger partial charge is 0.361 e. The molecule has 0 fully saturated rings. The summed E-state index contributed by atoms with van der Waals surface area (Å²) in [6.45, 7) is 2.20. The van der Waals surface area contributed by atoms with Gasteiger partial charge in [0.15, 0.2) is 0 Å². The molecule has 0 heterocycles. The van der Waals surface area contributed by atoms with Crippen molar-refractivity contribution in [3.63, 3.8) is 0 Å². The van der Waals surface area contributed by atoms with E-state index in [0.29, 0.717) is 0 Å². The summed E-state index contributed by atoms with van der Waals surface area (Å²) in [7, 11) is 0. The van der Waals surface area contributed by atoms with Crippen molar-refractivity contribution in [1.82, 2.24) is 0 Å². The SMILES string of the molecule is CC1=C(C=Nc2ccccc2)CCC/C1=C\Nc1ccccc1. The summed E-state index contributed by atoms with van der Waals surface area (Å²) in [6.07, 6.45) is 7.56. The lowest BCUT2D eigenvalue weighted by Gasteiger charge is -2.18. The maximum absolute atomic E-state index is 4.60. The van der Waals surface area contributed by atoms with Gasteiger partial charge in [-0.3, -0.25) is 4.99 Å². The monoisotopic (exact) mass is 302 g/mol. The molecule has 0 saturated carbocycles. The van der Waals surface area contributed by atoms with E-state index >= 15 is 0 Å². The number of nitrogens with zero attached hydrogens (tertiary/aromatic N) is 1. The summed E-state index contributed by atoms with van der Waals surface area (Å²) in [5, 5.41) is 3.40. The lowest BCUT2D eigenvalue weighted by molar-refractivity contribution is 0.785. The summed E-state index contributed by atoms with van der Waals surface area (Å²) in [6, 6.07) is 20.4. The minimum Gasteiger partial charge on any atom is -0.361 e. The first-order chi connectivity index (χ1) is 11.3. The van der Waals surface area contributed by atoms with Crippen LogP contribution in [0, 0.1) is 0 Å². The van der Waals surface area contributed by atoms with E-state index in [0.717, 1.165) is 24.2 Å². The van der Waals surface area contributed by atoms with Gasteiger partial charge in [-0.15, -0.1) is 0 Å². The van der Waals surface area contributed by atoms with Gasteiger partial charge < -0.3 is 5.32 Å². The van der Waals surface area contributed by atoms with Gasteiger partial charge in [0.2, 0.25) is 0 Å². The molecule has 116 valence electrons. The molecule has 2 nitrogen and oxygen atoms in total. The minimum atomic E-state index is 1.01. The Labute approximate surface area is 138 Å². The second-order valence-corrected chi connectivity index (χ2v) is 5.78. The van der Waals surface area contributed by atoms with Gasteiger partial charge >= 0.3 is 0 Å². The molecule has 23 heavy (non-hydrogen) atoms. The van der Waals surface area contributed by atoms with Crippen molar-refractivity contribution < 1.29 is 0 Å². The molecule has 2 aromatic carbocycles. The molecule has 2 aromatic rings. The lowest BCUT2D eigenvalue weighted by atomic mass is 9.89. The fourth-order valence-electron chi connectivity index (χ4n) is 2.76. The van der Waals surface area contributed by atoms with Crippen LogP contribution in [0.15, 0.2) is 88.6 Å². The quantitative estimate of drug-likeness (QED) is 0.700. The van der Waals surface area contributed by atoms with E-state index in [-0.39, 0.29) is 0 Å². The Morgan fingerprint density at radius 1 is 0.913 bits per heavy atom. The van der Waals surface area contributed by atoms with Crippen LogP contribution in [-0.4, -0.2) is 6.21 Å². The van der Waals surface area contributed by atoms with Gasteiger partial charge in [0.1, 0.15) is 0 Å². The standard InChI is InChI=1S/C21H22N2/c1-17-18(15-22-20-11-4-2-5-12-20)9-8-10-19(17)16-23-21-13-6-3-7-14-21/h2-7,11-16,22H,8-10H2,1H3/b18-15+,23-16?. The molecule has 3 rings (SSSR count). The zero-order chi connectivity index (χ0) is 15.9. The summed E-state index contributed by atoms with van der Waals surface area (Å²) < 4.78 is 0. The Bertz CT molecular complexity index is 725. The first kappa shape index (κ1) is 15.3. The van der Waals surface area contributed by atoms with E-state index in [2.05, 4.69) is 35.6 Å². The molecular weight excluding hydrogens is 280 g/mol. The van der Waals surface area contributed by atoms with Crippen molar-refractivity contribution in [3.8, 4) is 0 Å². The van der Waals surface area contributed by atoms with Gasteiger partial charge in [-0.2, -0.15) is 0 Å². The number of rotatable bonds is 4. The van der Waals surface area contributed by atoms with Crippen LogP contribution in [0.1, 0.15) is 26.2 Å². The molecule has 0 unspecified atom stereocenters. The van der Waals surface area contributed by atoms with Gasteiger partial charge in [-0.05, 0) is 67.2 Å². The molecule has 0 spiro atoms. The first-order valence-corrected chi connectivity index (χ1v) is 8.13. The molecule has 0 aromatic heterocycles. The smallest absolute Gasteiger partial charge is 0.0629 e. The molecule has 0 saturated heterocycles. The normalized spacial score (nSPS) is 17.0. The Hall–Kier alpha value is -2.61. The molecule has 2 heteroatoms. The molecule has 1 aliphatic rings. The number of anilines is 1. The number of para-hydroxylation sites is 2. The third-order valence-corrected chi connectivity index (χ3v) is 4.17. The van der Waals surface area contributed by atoms with Gasteiger partial charge in [0.05, 0.1) is 5.69 Å². The molecular formula is C21H22N2. The van der Waals surface area contributed by atoms with Crippen molar-refractivity contribution in [3.05, 3.63) is 83.6 Å². The molecule has 0 atom stereocenters. The third-order valence-electron chi connectivity index (χ3n) is 4.17. The van der Waals surface area contributed by atoms with Gasteiger partial charge in [-0.25, -0.2) is 0 Å². The number of aliphatic imine (C=N–C) groups is 1. The molecule has 0 aliphatic heterocycles. The summed E-state index contributed by atoms with van der Waals surface area (Å²) >= 11 is 0. The average molecular weight is 302 g/mol. The summed E-state index contributed by atoms with van der Waals surface area (Å²) in [4.78, 5) is 4.60. The predicted molar refractivity (Wildman–Crippen MR) is 99.3 cm³/mol. The van der Waals surface area contributed by atoms with Crippen LogP contribution in [-0.2, 0) is 0 Å². The molecule has 0 radical (unpaired) electrons. The Morgan fingerprint density at radius 2 is 1.61 bits per heavy atom. The van der Waals surface area contributed by atoms with Crippen LogP contribution < -0.4 is 5.32 Å². The fourth-order valence-corrected chi connectivity index (χ4v) is 2.76. The van der Waals surface area contributed by atoms with E-state index in [1.165, 1.54) is 23.1 Å². The van der Waals surface area contributed by atoms with E-state index in [9.17, 15) is 0 Å². The molecule has 0 bridgehead atoms. The van der Waals surface area contributed by atoms with Gasteiger partial charge in [0.25, 0.3) is 0 Å². The van der Waals surface area contributed by atoms with Crippen LogP contribution in [0.3, 0.4) is 0 Å². The van der Waals surface area contributed by atoms with Gasteiger partial charge in [0, 0.05) is 18.1 Å². The van der Waals surface area contributed by atoms with Crippen molar-refractivity contribution in [2.24, 2.45) is 4.99 Å². The van der Waals surface area contributed by atoms with E-state index in [1.54, 1.807) is 0 Å². The lowest BCUT2D eigenvalue weighted by Crippen LogP contribution is -2.04. The highest BCUT2D eigenvalue weighted by Gasteiger charge is 2.12. The van der Waals surface area contributed by atoms with Crippen LogP contribution in [0.5, 0.6) is 0 Å². The number of nitrogens with one attached hydrogen (secondary N) is 1. The van der Waals surface area contributed by atoms with Crippen molar-refractivity contribution in [2.75, 3.05) is 5.32 Å². The molecule has 0 amide bonds.